The van der Waals surface area contributed by atoms with Gasteiger partial charge in [-0.15, -0.1) is 0 Å². The lowest BCUT2D eigenvalue weighted by molar-refractivity contribution is -0.143. The van der Waals surface area contributed by atoms with Crippen molar-refractivity contribution in [3.63, 3.8) is 0 Å². The van der Waals surface area contributed by atoms with Crippen molar-refractivity contribution in [3.05, 3.63) is 0 Å². The molecule has 2 aliphatic heterocycles. The van der Waals surface area contributed by atoms with E-state index in [2.05, 4.69) is 0 Å². The third-order valence-electron chi connectivity index (χ3n) is 3.22. The van der Waals surface area contributed by atoms with Crippen LogP contribution in [0.25, 0.3) is 0 Å². The van der Waals surface area contributed by atoms with Gasteiger partial charge >= 0.3 is 6.03 Å². The van der Waals surface area contributed by atoms with Gasteiger partial charge in [0.2, 0.25) is 5.91 Å². The van der Waals surface area contributed by atoms with Gasteiger partial charge in [-0.3, -0.25) is 14.5 Å². The molecule has 8 nitrogen and oxygen atoms in total. The molecule has 1 atom stereocenters. The SMILES string of the molecule is CN1CC(=O)N(CC(=O)N2CCOC(CO)C2)C1=O. The molecule has 8 heteroatoms. The van der Waals surface area contributed by atoms with Gasteiger partial charge in [-0.1, -0.05) is 0 Å². The lowest BCUT2D eigenvalue weighted by atomic mass is 10.2. The maximum atomic E-state index is 12.0. The van der Waals surface area contributed by atoms with Crippen molar-refractivity contribution in [2.75, 3.05) is 46.4 Å². The van der Waals surface area contributed by atoms with Gasteiger partial charge in [0.15, 0.2) is 0 Å². The number of urea groups is 1. The van der Waals surface area contributed by atoms with Crippen LogP contribution in [-0.4, -0.2) is 90.2 Å². The molecule has 2 saturated heterocycles. The predicted octanol–water partition coefficient (Wildman–Crippen LogP) is -1.90. The fourth-order valence-electron chi connectivity index (χ4n) is 2.12. The molecule has 0 saturated carbocycles. The number of carbonyl (C=O) groups excluding carboxylic acids is 3. The zero-order valence-corrected chi connectivity index (χ0v) is 10.7. The molecule has 0 radical (unpaired) electrons. The van der Waals surface area contributed by atoms with E-state index in [1.807, 2.05) is 0 Å². The van der Waals surface area contributed by atoms with Crippen molar-refractivity contribution >= 4 is 17.8 Å². The summed E-state index contributed by atoms with van der Waals surface area (Å²) in [6.07, 6.45) is -0.398. The van der Waals surface area contributed by atoms with Crippen LogP contribution >= 0.6 is 0 Å². The number of ether oxygens (including phenoxy) is 1. The summed E-state index contributed by atoms with van der Waals surface area (Å²) in [5, 5.41) is 9.01. The Kier molecular flexibility index (Phi) is 4.01. The first-order chi connectivity index (χ1) is 9.02. The Morgan fingerprint density at radius 2 is 2.21 bits per heavy atom. The number of aliphatic hydroxyl groups excluding tert-OH is 1. The number of amides is 4. The van der Waals surface area contributed by atoms with Gasteiger partial charge in [0.25, 0.3) is 5.91 Å². The molecule has 2 aliphatic rings. The van der Waals surface area contributed by atoms with E-state index in [1.54, 1.807) is 0 Å². The number of aliphatic hydroxyl groups is 1. The molecule has 0 aromatic rings. The minimum atomic E-state index is -0.453. The molecule has 19 heavy (non-hydrogen) atoms. The highest BCUT2D eigenvalue weighted by atomic mass is 16.5. The van der Waals surface area contributed by atoms with E-state index in [-0.39, 0.29) is 38.1 Å². The van der Waals surface area contributed by atoms with Crippen LogP contribution < -0.4 is 0 Å². The molecule has 0 bridgehead atoms. The van der Waals surface area contributed by atoms with Gasteiger partial charge in [0.1, 0.15) is 13.1 Å². The Balaban J connectivity index is 1.94. The van der Waals surface area contributed by atoms with E-state index >= 15 is 0 Å². The van der Waals surface area contributed by atoms with Gasteiger partial charge in [0.05, 0.1) is 19.3 Å². The largest absolute Gasteiger partial charge is 0.394 e. The molecule has 0 spiro atoms. The average Bonchev–Trinajstić information content (AvgIpc) is 2.65. The summed E-state index contributed by atoms with van der Waals surface area (Å²) < 4.78 is 5.24. The van der Waals surface area contributed by atoms with E-state index in [0.29, 0.717) is 13.2 Å². The Labute approximate surface area is 110 Å². The van der Waals surface area contributed by atoms with Crippen LogP contribution in [0.2, 0.25) is 0 Å². The maximum absolute atomic E-state index is 12.0. The molecule has 2 fully saturated rings. The van der Waals surface area contributed by atoms with Crippen LogP contribution in [0.3, 0.4) is 0 Å². The zero-order valence-electron chi connectivity index (χ0n) is 10.7. The van der Waals surface area contributed by atoms with Gasteiger partial charge in [-0.2, -0.15) is 0 Å². The van der Waals surface area contributed by atoms with Crippen molar-refractivity contribution in [2.24, 2.45) is 0 Å². The third-order valence-corrected chi connectivity index (χ3v) is 3.22. The van der Waals surface area contributed by atoms with E-state index in [9.17, 15) is 14.4 Å². The molecule has 106 valence electrons. The van der Waals surface area contributed by atoms with Crippen molar-refractivity contribution < 1.29 is 24.2 Å². The second kappa shape index (κ2) is 5.54. The van der Waals surface area contributed by atoms with Gasteiger partial charge in [0, 0.05) is 20.1 Å². The number of likely N-dealkylation sites (N-methyl/N-ethyl adjacent to an activating group) is 1. The summed E-state index contributed by atoms with van der Waals surface area (Å²) >= 11 is 0. The van der Waals surface area contributed by atoms with E-state index < -0.39 is 12.1 Å². The number of nitrogens with zero attached hydrogens (tertiary/aromatic N) is 3. The minimum absolute atomic E-state index is 0.00842. The molecule has 0 aromatic heterocycles. The van der Waals surface area contributed by atoms with Gasteiger partial charge in [-0.25, -0.2) is 4.79 Å². The number of hydrogen-bond donors (Lipinski definition) is 1. The fourth-order valence-corrected chi connectivity index (χ4v) is 2.12. The van der Waals surface area contributed by atoms with E-state index in [4.69, 9.17) is 9.84 Å². The smallest absolute Gasteiger partial charge is 0.327 e. The van der Waals surface area contributed by atoms with Crippen LogP contribution in [0, 0.1) is 0 Å². The standard InChI is InChI=1S/C11H17N3O5/c1-12-5-10(17)14(11(12)18)6-9(16)13-2-3-19-8(4-13)7-15/h8,15H,2-7H2,1H3. The van der Waals surface area contributed by atoms with Crippen LogP contribution in [0.5, 0.6) is 0 Å². The molecule has 2 heterocycles. The lowest BCUT2D eigenvalue weighted by Crippen LogP contribution is -2.50. The van der Waals surface area contributed by atoms with Gasteiger partial charge < -0.3 is 19.6 Å². The number of hydrogen-bond acceptors (Lipinski definition) is 5. The highest BCUT2D eigenvalue weighted by Gasteiger charge is 2.36. The summed E-state index contributed by atoms with van der Waals surface area (Å²) in [6, 6.07) is -0.453. The molecule has 2 rings (SSSR count). The highest BCUT2D eigenvalue weighted by Crippen LogP contribution is 2.10. The molecule has 0 aromatic carbocycles. The number of carbonyl (C=O) groups is 3. The predicted molar refractivity (Wildman–Crippen MR) is 63.1 cm³/mol. The molecular formula is C11H17N3O5. The van der Waals surface area contributed by atoms with E-state index in [0.717, 1.165) is 4.90 Å². The Morgan fingerprint density at radius 3 is 2.79 bits per heavy atom. The highest BCUT2D eigenvalue weighted by molar-refractivity contribution is 6.04. The van der Waals surface area contributed by atoms with Crippen LogP contribution in [-0.2, 0) is 14.3 Å². The van der Waals surface area contributed by atoms with Crippen molar-refractivity contribution in [2.45, 2.75) is 6.10 Å². The van der Waals surface area contributed by atoms with Crippen LogP contribution in [0.1, 0.15) is 0 Å². The average molecular weight is 271 g/mol. The van der Waals surface area contributed by atoms with Crippen molar-refractivity contribution in [1.29, 1.82) is 0 Å². The summed E-state index contributed by atoms with van der Waals surface area (Å²) in [5.41, 5.74) is 0. The Bertz CT molecular complexity index is 400. The monoisotopic (exact) mass is 271 g/mol. The first kappa shape index (κ1) is 13.8. The van der Waals surface area contributed by atoms with Crippen molar-refractivity contribution in [1.82, 2.24) is 14.7 Å². The fraction of sp³-hybridized carbons (Fsp3) is 0.727. The molecule has 1 unspecified atom stereocenters. The number of rotatable bonds is 3. The molecule has 0 aliphatic carbocycles. The Morgan fingerprint density at radius 1 is 1.47 bits per heavy atom. The van der Waals surface area contributed by atoms with Crippen LogP contribution in [0.4, 0.5) is 4.79 Å². The minimum Gasteiger partial charge on any atom is -0.394 e. The molecular weight excluding hydrogens is 254 g/mol. The third kappa shape index (κ3) is 2.85. The van der Waals surface area contributed by atoms with E-state index in [1.165, 1.54) is 16.8 Å². The normalized spacial score (nSPS) is 24.3. The maximum Gasteiger partial charge on any atom is 0.327 e. The first-order valence-corrected chi connectivity index (χ1v) is 6.08. The van der Waals surface area contributed by atoms with Gasteiger partial charge in [-0.05, 0) is 0 Å². The second-order valence-electron chi connectivity index (χ2n) is 4.63. The lowest BCUT2D eigenvalue weighted by Gasteiger charge is -2.32. The second-order valence-corrected chi connectivity index (χ2v) is 4.63. The summed E-state index contributed by atoms with van der Waals surface area (Å²) in [6.45, 7) is 0.629. The number of morpholine rings is 1. The Hall–Kier alpha value is -1.67. The quantitative estimate of drug-likeness (QED) is 0.606. The zero-order chi connectivity index (χ0) is 14.0. The van der Waals surface area contributed by atoms with Crippen molar-refractivity contribution in [3.8, 4) is 0 Å². The molecule has 1 N–H and O–H groups in total. The topological polar surface area (TPSA) is 90.4 Å². The summed E-state index contributed by atoms with van der Waals surface area (Å²) in [5.74, 6) is -0.674. The number of imide groups is 1. The molecule has 4 amide bonds. The summed E-state index contributed by atoms with van der Waals surface area (Å²) in [4.78, 5) is 39.0. The van der Waals surface area contributed by atoms with Crippen LogP contribution in [0.15, 0.2) is 0 Å². The first-order valence-electron chi connectivity index (χ1n) is 6.08. The summed E-state index contributed by atoms with van der Waals surface area (Å²) in [7, 11) is 1.52.